The van der Waals surface area contributed by atoms with E-state index in [1.165, 1.54) is 12.6 Å². The summed E-state index contributed by atoms with van der Waals surface area (Å²) in [6.07, 6.45) is 0.466. The molecule has 4 aromatic rings. The first-order chi connectivity index (χ1) is 17.8. The second-order valence-corrected chi connectivity index (χ2v) is 8.89. The van der Waals surface area contributed by atoms with Gasteiger partial charge in [0.15, 0.2) is 0 Å². The third-order valence-corrected chi connectivity index (χ3v) is 6.33. The summed E-state index contributed by atoms with van der Waals surface area (Å²) in [5.41, 5.74) is 4.97. The predicted octanol–water partition coefficient (Wildman–Crippen LogP) is 4.90. The number of aryl methyl sites for hydroxylation is 1. The van der Waals surface area contributed by atoms with Crippen molar-refractivity contribution in [1.82, 2.24) is 4.90 Å². The molecule has 185 valence electrons. The average Bonchev–Trinajstić information content (AvgIpc) is 3.29. The van der Waals surface area contributed by atoms with Gasteiger partial charge in [0, 0.05) is 39.8 Å². The molecule has 6 nitrogen and oxygen atoms in total. The molecule has 1 radical (unpaired) electrons. The number of nitrogens with zero attached hydrogens (tertiary/aromatic N) is 2. The van der Waals surface area contributed by atoms with E-state index in [1.54, 1.807) is 60.7 Å². The van der Waals surface area contributed by atoms with Gasteiger partial charge in [-0.05, 0) is 41.8 Å². The van der Waals surface area contributed by atoms with Crippen molar-refractivity contribution < 1.29 is 51.9 Å². The summed E-state index contributed by atoms with van der Waals surface area (Å²) < 4.78 is 0. The zero-order chi connectivity index (χ0) is 26.1. The molecule has 0 fully saturated rings. The minimum absolute atomic E-state index is 0. The van der Waals surface area contributed by atoms with Crippen LogP contribution in [0.5, 0.6) is 0 Å². The molecule has 0 atom stereocenters. The smallest absolute Gasteiger partial charge is 0.264 e. The number of benzene rings is 4. The Kier molecular flexibility index (Phi) is 8.15. The van der Waals surface area contributed by atoms with Crippen LogP contribution in [0.4, 0.5) is 5.69 Å². The van der Waals surface area contributed by atoms with Crippen LogP contribution in [0.2, 0.25) is 0 Å². The molecule has 0 N–H and O–H groups in total. The van der Waals surface area contributed by atoms with Crippen molar-refractivity contribution in [1.29, 1.82) is 0 Å². The Morgan fingerprint density at radius 1 is 0.658 bits per heavy atom. The minimum Gasteiger partial charge on any atom is -0.277 e. The number of carbonyl (C=O) groups is 4. The van der Waals surface area contributed by atoms with Crippen LogP contribution in [0.25, 0.3) is 0 Å². The third kappa shape index (κ3) is 5.15. The van der Waals surface area contributed by atoms with E-state index in [9.17, 15) is 19.2 Å². The first-order valence-corrected chi connectivity index (χ1v) is 11.7. The molecule has 0 aliphatic carbocycles. The molecule has 2 aliphatic heterocycles. The third-order valence-electron chi connectivity index (χ3n) is 6.33. The van der Waals surface area contributed by atoms with Gasteiger partial charge in [-0.15, -0.1) is 12.1 Å². The van der Waals surface area contributed by atoms with Crippen LogP contribution in [-0.2, 0) is 39.1 Å². The van der Waals surface area contributed by atoms with Gasteiger partial charge in [0.1, 0.15) is 0 Å². The van der Waals surface area contributed by atoms with Crippen molar-refractivity contribution in [2.75, 3.05) is 11.9 Å². The molecule has 0 saturated carbocycles. The predicted molar refractivity (Wildman–Crippen MR) is 139 cm³/mol. The molecular weight excluding hydrogens is 553 g/mol. The Morgan fingerprint density at radius 3 is 1.76 bits per heavy atom. The number of rotatable bonds is 3. The first-order valence-electron chi connectivity index (χ1n) is 11.7. The van der Waals surface area contributed by atoms with Crippen LogP contribution in [0.1, 0.15) is 58.1 Å². The summed E-state index contributed by atoms with van der Waals surface area (Å²) in [6, 6.07) is 30.7. The molecule has 38 heavy (non-hydrogen) atoms. The molecule has 0 aromatic heterocycles. The number of imide groups is 2. The van der Waals surface area contributed by atoms with Crippen molar-refractivity contribution in [2.24, 2.45) is 0 Å². The van der Waals surface area contributed by atoms with Crippen molar-refractivity contribution >= 4 is 29.3 Å². The van der Waals surface area contributed by atoms with Crippen LogP contribution in [0.3, 0.4) is 0 Å². The number of carbonyl (C=O) groups excluding carboxylic acids is 4. The van der Waals surface area contributed by atoms with Gasteiger partial charge in [0.05, 0.1) is 22.3 Å². The van der Waals surface area contributed by atoms with Crippen molar-refractivity contribution in [3.8, 4) is 0 Å². The first kappa shape index (κ1) is 27.3. The largest absolute Gasteiger partial charge is 0.277 e. The Hall–Kier alpha value is -3.74. The second-order valence-electron chi connectivity index (χ2n) is 8.89. The molecule has 6 rings (SSSR count). The van der Waals surface area contributed by atoms with Crippen molar-refractivity contribution in [3.63, 3.8) is 0 Å². The summed E-state index contributed by atoms with van der Waals surface area (Å²) in [5, 5.41) is 0. The van der Waals surface area contributed by atoms with Gasteiger partial charge < -0.3 is 0 Å². The molecule has 0 saturated heterocycles. The van der Waals surface area contributed by atoms with E-state index in [-0.39, 0.29) is 56.3 Å². The molecular formula is C31H22N2O4Y-2. The quantitative estimate of drug-likeness (QED) is 0.258. The molecule has 2 aliphatic rings. The number of anilines is 1. The molecule has 4 aromatic carbocycles. The van der Waals surface area contributed by atoms with Gasteiger partial charge in [-0.1, -0.05) is 24.7 Å². The van der Waals surface area contributed by atoms with Crippen LogP contribution >= 0.6 is 0 Å². The summed E-state index contributed by atoms with van der Waals surface area (Å²) >= 11 is 0. The van der Waals surface area contributed by atoms with E-state index >= 15 is 0 Å². The van der Waals surface area contributed by atoms with E-state index < -0.39 is 0 Å². The van der Waals surface area contributed by atoms with Crippen molar-refractivity contribution in [3.05, 3.63) is 136 Å². The van der Waals surface area contributed by atoms with Crippen molar-refractivity contribution in [2.45, 2.75) is 13.3 Å². The molecule has 0 bridgehead atoms. The van der Waals surface area contributed by atoms with Gasteiger partial charge in [-0.3, -0.25) is 29.0 Å². The van der Waals surface area contributed by atoms with Gasteiger partial charge in [-0.2, -0.15) is 54.1 Å². The summed E-state index contributed by atoms with van der Waals surface area (Å²) in [7, 11) is 1.46. The van der Waals surface area contributed by atoms with Gasteiger partial charge in [-0.25, -0.2) is 0 Å². The molecule has 7 heteroatoms. The Bertz CT molecular complexity index is 1550. The zero-order valence-corrected chi connectivity index (χ0v) is 23.7. The second kappa shape index (κ2) is 11.3. The topological polar surface area (TPSA) is 74.8 Å². The Balaban J connectivity index is 0.000000367. The fourth-order valence-corrected chi connectivity index (χ4v) is 4.40. The van der Waals surface area contributed by atoms with Gasteiger partial charge in [0.2, 0.25) is 0 Å². The number of amides is 4. The molecule has 0 spiro atoms. The van der Waals surface area contributed by atoms with E-state index in [0.29, 0.717) is 34.4 Å². The number of hydrogen-bond acceptors (Lipinski definition) is 4. The normalized spacial score (nSPS) is 13.5. The molecule has 0 unspecified atom stereocenters. The summed E-state index contributed by atoms with van der Waals surface area (Å²) in [5.74, 6) is -1.33. The zero-order valence-electron chi connectivity index (χ0n) is 20.9. The van der Waals surface area contributed by atoms with E-state index in [1.807, 2.05) is 18.2 Å². The Morgan fingerprint density at radius 2 is 1.21 bits per heavy atom. The van der Waals surface area contributed by atoms with E-state index in [2.05, 4.69) is 25.1 Å². The average molecular weight is 575 g/mol. The standard InChI is InChI=1S/C24H15N2O4.C7H7.Y/c1-25-21(27)17-9-7-14(12-19(17)22(25)28)11-15-8-10-18-20(13-15)24(30)26(23(18)29)16-5-3-2-4-6-16;1-7-5-3-2-4-6-7;/h3-10,12-13H,11H2,1H3;2-3,5-6H,1H3;/q2*-1;. The fourth-order valence-electron chi connectivity index (χ4n) is 4.40. The van der Waals surface area contributed by atoms with E-state index in [4.69, 9.17) is 0 Å². The number of hydrogen-bond donors (Lipinski definition) is 0. The van der Waals surface area contributed by atoms with Crippen LogP contribution in [-0.4, -0.2) is 35.6 Å². The minimum atomic E-state index is -0.362. The fraction of sp³-hybridized carbons (Fsp3) is 0.0968. The maximum Gasteiger partial charge on any atom is 0.264 e. The maximum atomic E-state index is 12.9. The summed E-state index contributed by atoms with van der Waals surface area (Å²) in [6.45, 7) is 2.05. The molecule has 4 amide bonds. The summed E-state index contributed by atoms with van der Waals surface area (Å²) in [4.78, 5) is 52.2. The van der Waals surface area contributed by atoms with Gasteiger partial charge in [0.25, 0.3) is 23.6 Å². The van der Waals surface area contributed by atoms with E-state index in [0.717, 1.165) is 20.9 Å². The number of fused-ring (bicyclic) bond motifs is 2. The van der Waals surface area contributed by atoms with Gasteiger partial charge >= 0.3 is 0 Å². The monoisotopic (exact) mass is 575 g/mol. The van der Waals surface area contributed by atoms with Crippen LogP contribution in [0, 0.1) is 19.1 Å². The maximum absolute atomic E-state index is 12.9. The van der Waals surface area contributed by atoms with Crippen LogP contribution in [0.15, 0.2) is 84.9 Å². The SMILES string of the molecule is CN1C(=O)c2ccc(Cc3ccc4c(c3)C(=O)N(c3cc[c-]cc3)C4=O)cc2C1=O.Cc1c[c-]ccc1.[Y]. The Labute approximate surface area is 246 Å². The molecule has 2 heterocycles. The van der Waals surface area contributed by atoms with Crippen LogP contribution < -0.4 is 4.90 Å².